The van der Waals surface area contributed by atoms with E-state index in [1.165, 1.54) is 12.1 Å². The second kappa shape index (κ2) is 6.81. The molecule has 0 unspecified atom stereocenters. The van der Waals surface area contributed by atoms with E-state index in [0.29, 0.717) is 17.2 Å². The summed E-state index contributed by atoms with van der Waals surface area (Å²) in [5.74, 6) is 1.68. The minimum absolute atomic E-state index is 0.0675. The molecule has 22 heavy (non-hydrogen) atoms. The second-order valence-corrected chi connectivity index (χ2v) is 6.18. The van der Waals surface area contributed by atoms with Gasteiger partial charge in [0.25, 0.3) is 10.1 Å². The molecule has 0 aliphatic rings. The van der Waals surface area contributed by atoms with Gasteiger partial charge in [0.2, 0.25) is 0 Å². The minimum Gasteiger partial charge on any atom is -0.497 e. The summed E-state index contributed by atoms with van der Waals surface area (Å²) in [5.41, 5.74) is 0.818. The summed E-state index contributed by atoms with van der Waals surface area (Å²) in [5, 5.41) is 0. The Kier molecular flexibility index (Phi) is 5.05. The van der Waals surface area contributed by atoms with E-state index in [-0.39, 0.29) is 11.5 Å². The first-order valence-electron chi connectivity index (χ1n) is 6.78. The van der Waals surface area contributed by atoms with Gasteiger partial charge in [-0.05, 0) is 37.6 Å². The Bertz CT molecular complexity index is 753. The summed E-state index contributed by atoms with van der Waals surface area (Å²) in [6.07, 6.45) is 0. The molecule has 6 heteroatoms. The van der Waals surface area contributed by atoms with Crippen LogP contribution in [0, 0.1) is 6.92 Å². The molecule has 0 saturated heterocycles. The number of aryl methyl sites for hydroxylation is 1. The maximum absolute atomic E-state index is 12.0. The number of methoxy groups -OCH3 is 1. The fourth-order valence-electron chi connectivity index (χ4n) is 1.86. The quantitative estimate of drug-likeness (QED) is 0.762. The lowest BCUT2D eigenvalue weighted by molar-refractivity contribution is 0.337. The first-order chi connectivity index (χ1) is 10.5. The Hall–Kier alpha value is -2.05. The van der Waals surface area contributed by atoms with Crippen LogP contribution in [0.4, 0.5) is 0 Å². The molecule has 2 aromatic carbocycles. The summed E-state index contributed by atoms with van der Waals surface area (Å²) < 4.78 is 39.6. The maximum atomic E-state index is 12.0. The predicted molar refractivity (Wildman–Crippen MR) is 83.1 cm³/mol. The predicted octanol–water partition coefficient (Wildman–Crippen LogP) is 3.52. The molecule has 0 aliphatic carbocycles. The highest BCUT2D eigenvalue weighted by atomic mass is 32.2. The minimum atomic E-state index is -3.76. The van der Waals surface area contributed by atoms with Gasteiger partial charge in [-0.2, -0.15) is 8.42 Å². The number of rotatable bonds is 6. The van der Waals surface area contributed by atoms with Crippen LogP contribution in [0.15, 0.2) is 47.4 Å². The van der Waals surface area contributed by atoms with Gasteiger partial charge in [0, 0.05) is 12.1 Å². The number of hydrogen-bond donors (Lipinski definition) is 0. The van der Waals surface area contributed by atoms with Crippen LogP contribution in [0.25, 0.3) is 0 Å². The van der Waals surface area contributed by atoms with E-state index in [0.717, 1.165) is 5.56 Å². The van der Waals surface area contributed by atoms with Crippen LogP contribution in [0.5, 0.6) is 17.2 Å². The molecule has 0 N–H and O–H groups in total. The van der Waals surface area contributed by atoms with E-state index >= 15 is 0 Å². The van der Waals surface area contributed by atoms with Gasteiger partial charge in [0.05, 0.1) is 18.6 Å². The van der Waals surface area contributed by atoms with Crippen LogP contribution < -0.4 is 9.47 Å². The van der Waals surface area contributed by atoms with Crippen LogP contribution in [0.2, 0.25) is 0 Å². The molecular weight excluding hydrogens is 304 g/mol. The summed E-state index contributed by atoms with van der Waals surface area (Å²) in [7, 11) is -2.19. The van der Waals surface area contributed by atoms with Crippen molar-refractivity contribution in [2.45, 2.75) is 18.7 Å². The molecule has 0 amide bonds. The van der Waals surface area contributed by atoms with Gasteiger partial charge >= 0.3 is 0 Å². The Morgan fingerprint density at radius 1 is 1.05 bits per heavy atom. The zero-order valence-electron chi connectivity index (χ0n) is 12.7. The molecule has 0 aliphatic heterocycles. The lowest BCUT2D eigenvalue weighted by Crippen LogP contribution is -2.06. The molecule has 2 rings (SSSR count). The maximum Gasteiger partial charge on any atom is 0.297 e. The Morgan fingerprint density at radius 3 is 2.45 bits per heavy atom. The first-order valence-corrected chi connectivity index (χ1v) is 8.19. The van der Waals surface area contributed by atoms with Gasteiger partial charge in [-0.3, -0.25) is 4.18 Å². The third kappa shape index (κ3) is 3.78. The third-order valence-corrected chi connectivity index (χ3v) is 4.37. The molecule has 0 heterocycles. The number of hydrogen-bond acceptors (Lipinski definition) is 5. The zero-order valence-corrected chi connectivity index (χ0v) is 13.5. The summed E-state index contributed by atoms with van der Waals surface area (Å²) >= 11 is 0. The zero-order chi connectivity index (χ0) is 16.2. The molecule has 5 nitrogen and oxygen atoms in total. The summed E-state index contributed by atoms with van der Waals surface area (Å²) in [4.78, 5) is 0.0675. The lowest BCUT2D eigenvalue weighted by Gasteiger charge is -2.11. The van der Waals surface area contributed by atoms with Crippen molar-refractivity contribution in [1.29, 1.82) is 0 Å². The smallest absolute Gasteiger partial charge is 0.297 e. The Labute approximate surface area is 130 Å². The van der Waals surface area contributed by atoms with Gasteiger partial charge in [0.1, 0.15) is 17.2 Å². The molecule has 0 fully saturated rings. The number of ether oxygens (including phenoxy) is 2. The van der Waals surface area contributed by atoms with Crippen molar-refractivity contribution in [1.82, 2.24) is 0 Å². The van der Waals surface area contributed by atoms with Crippen molar-refractivity contribution in [3.8, 4) is 17.2 Å². The van der Waals surface area contributed by atoms with Crippen LogP contribution in [0.3, 0.4) is 0 Å². The molecule has 118 valence electrons. The standard InChI is InChI=1S/C16H18O5S/c1-4-20-22(17,18)15-9-8-12(2)16(11-15)21-14-7-5-6-13(10-14)19-3/h5-11H,4H2,1-3H3. The fraction of sp³-hybridized carbons (Fsp3) is 0.250. The van der Waals surface area contributed by atoms with E-state index in [1.54, 1.807) is 44.4 Å². The monoisotopic (exact) mass is 322 g/mol. The van der Waals surface area contributed by atoms with Crippen molar-refractivity contribution < 1.29 is 22.1 Å². The van der Waals surface area contributed by atoms with Gasteiger partial charge in [-0.15, -0.1) is 0 Å². The average Bonchev–Trinajstić information content (AvgIpc) is 2.49. The van der Waals surface area contributed by atoms with Crippen molar-refractivity contribution >= 4 is 10.1 Å². The topological polar surface area (TPSA) is 61.8 Å². The van der Waals surface area contributed by atoms with E-state index < -0.39 is 10.1 Å². The Balaban J connectivity index is 2.34. The van der Waals surface area contributed by atoms with Gasteiger partial charge in [0.15, 0.2) is 0 Å². The average molecular weight is 322 g/mol. The molecule has 0 atom stereocenters. The van der Waals surface area contributed by atoms with Crippen molar-refractivity contribution in [2.75, 3.05) is 13.7 Å². The molecule has 0 radical (unpaired) electrons. The van der Waals surface area contributed by atoms with Crippen LogP contribution in [0.1, 0.15) is 12.5 Å². The first kappa shape index (κ1) is 16.3. The van der Waals surface area contributed by atoms with Crippen LogP contribution >= 0.6 is 0 Å². The van der Waals surface area contributed by atoms with Crippen molar-refractivity contribution in [2.24, 2.45) is 0 Å². The number of benzene rings is 2. The third-order valence-electron chi connectivity index (χ3n) is 2.99. The molecule has 0 saturated carbocycles. The summed E-state index contributed by atoms with van der Waals surface area (Å²) in [6, 6.07) is 11.7. The van der Waals surface area contributed by atoms with E-state index in [9.17, 15) is 8.42 Å². The van der Waals surface area contributed by atoms with E-state index in [2.05, 4.69) is 0 Å². The SMILES string of the molecule is CCOS(=O)(=O)c1ccc(C)c(Oc2cccc(OC)c2)c1. The van der Waals surface area contributed by atoms with Gasteiger partial charge < -0.3 is 9.47 Å². The molecule has 0 aromatic heterocycles. The second-order valence-electron chi connectivity index (χ2n) is 4.57. The molecule has 2 aromatic rings. The Morgan fingerprint density at radius 2 is 1.77 bits per heavy atom. The van der Waals surface area contributed by atoms with E-state index in [1.807, 2.05) is 6.92 Å². The largest absolute Gasteiger partial charge is 0.497 e. The molecule has 0 bridgehead atoms. The molecule has 0 spiro atoms. The van der Waals surface area contributed by atoms with E-state index in [4.69, 9.17) is 13.7 Å². The highest BCUT2D eigenvalue weighted by Crippen LogP contribution is 2.30. The van der Waals surface area contributed by atoms with Crippen molar-refractivity contribution in [3.05, 3.63) is 48.0 Å². The van der Waals surface area contributed by atoms with Crippen LogP contribution in [-0.4, -0.2) is 22.1 Å². The normalized spacial score (nSPS) is 11.2. The van der Waals surface area contributed by atoms with Crippen molar-refractivity contribution in [3.63, 3.8) is 0 Å². The highest BCUT2D eigenvalue weighted by Gasteiger charge is 2.16. The van der Waals surface area contributed by atoms with Gasteiger partial charge in [-0.1, -0.05) is 12.1 Å². The highest BCUT2D eigenvalue weighted by molar-refractivity contribution is 7.86. The fourth-order valence-corrected chi connectivity index (χ4v) is 2.79. The summed E-state index contributed by atoms with van der Waals surface area (Å²) in [6.45, 7) is 3.55. The molecular formula is C16H18O5S. The lowest BCUT2D eigenvalue weighted by atomic mass is 10.2. The van der Waals surface area contributed by atoms with Gasteiger partial charge in [-0.25, -0.2) is 0 Å². The van der Waals surface area contributed by atoms with Crippen LogP contribution in [-0.2, 0) is 14.3 Å².